The standard InChI is InChI=1S/C13H18N2/c14-11-6-7-13-10(9-11)3-2-8-15(13)12-4-1-5-12/h6-7,9,12H,1-5,8,14H2. The fourth-order valence-electron chi connectivity index (χ4n) is 2.72. The van der Waals surface area contributed by atoms with Crippen molar-refractivity contribution in [2.75, 3.05) is 17.2 Å². The summed E-state index contributed by atoms with van der Waals surface area (Å²) in [4.78, 5) is 2.60. The van der Waals surface area contributed by atoms with E-state index in [1.165, 1.54) is 49.9 Å². The summed E-state index contributed by atoms with van der Waals surface area (Å²) in [7, 11) is 0. The van der Waals surface area contributed by atoms with Crippen molar-refractivity contribution in [3.8, 4) is 0 Å². The monoisotopic (exact) mass is 202 g/mol. The fraction of sp³-hybridized carbons (Fsp3) is 0.538. The second kappa shape index (κ2) is 3.44. The Morgan fingerprint density at radius 2 is 2.07 bits per heavy atom. The molecule has 0 bridgehead atoms. The van der Waals surface area contributed by atoms with E-state index >= 15 is 0 Å². The summed E-state index contributed by atoms with van der Waals surface area (Å²) >= 11 is 0. The molecule has 2 N–H and O–H groups in total. The summed E-state index contributed by atoms with van der Waals surface area (Å²) in [5, 5.41) is 0. The zero-order valence-corrected chi connectivity index (χ0v) is 9.08. The predicted octanol–water partition coefficient (Wildman–Crippen LogP) is 2.57. The highest BCUT2D eigenvalue weighted by Crippen LogP contribution is 2.35. The summed E-state index contributed by atoms with van der Waals surface area (Å²) in [6, 6.07) is 7.21. The number of anilines is 2. The molecule has 1 fully saturated rings. The van der Waals surface area contributed by atoms with Gasteiger partial charge in [0.25, 0.3) is 0 Å². The van der Waals surface area contributed by atoms with Gasteiger partial charge in [0.05, 0.1) is 0 Å². The molecular formula is C13H18N2. The second-order valence-corrected chi connectivity index (χ2v) is 4.77. The molecule has 0 radical (unpaired) electrons. The van der Waals surface area contributed by atoms with E-state index in [-0.39, 0.29) is 0 Å². The Morgan fingerprint density at radius 1 is 1.20 bits per heavy atom. The molecule has 0 atom stereocenters. The van der Waals surface area contributed by atoms with E-state index in [1.807, 2.05) is 6.07 Å². The lowest BCUT2D eigenvalue weighted by atomic mass is 9.88. The Kier molecular flexibility index (Phi) is 2.08. The Bertz CT molecular complexity index is 369. The zero-order valence-electron chi connectivity index (χ0n) is 9.08. The van der Waals surface area contributed by atoms with Crippen LogP contribution in [0, 0.1) is 0 Å². The number of nitrogen functional groups attached to an aromatic ring is 1. The Labute approximate surface area is 91.1 Å². The van der Waals surface area contributed by atoms with Crippen molar-refractivity contribution in [1.29, 1.82) is 0 Å². The highest BCUT2D eigenvalue weighted by Gasteiger charge is 2.28. The van der Waals surface area contributed by atoms with Crippen molar-refractivity contribution < 1.29 is 0 Å². The quantitative estimate of drug-likeness (QED) is 0.709. The maximum Gasteiger partial charge on any atom is 0.0402 e. The molecule has 0 unspecified atom stereocenters. The van der Waals surface area contributed by atoms with Gasteiger partial charge in [-0.1, -0.05) is 0 Å². The molecule has 3 rings (SSSR count). The molecule has 0 amide bonds. The lowest BCUT2D eigenvalue weighted by molar-refractivity contribution is 0.379. The molecule has 1 aliphatic heterocycles. The van der Waals surface area contributed by atoms with Crippen LogP contribution in [0.5, 0.6) is 0 Å². The molecular weight excluding hydrogens is 184 g/mol. The molecule has 1 heterocycles. The van der Waals surface area contributed by atoms with Crippen LogP contribution in [0.1, 0.15) is 31.2 Å². The molecule has 1 aromatic carbocycles. The first-order valence-corrected chi connectivity index (χ1v) is 5.99. The zero-order chi connectivity index (χ0) is 10.3. The topological polar surface area (TPSA) is 29.3 Å². The lowest BCUT2D eigenvalue weighted by Gasteiger charge is -2.42. The summed E-state index contributed by atoms with van der Waals surface area (Å²) in [5.74, 6) is 0. The molecule has 1 aliphatic carbocycles. The van der Waals surface area contributed by atoms with Crippen molar-refractivity contribution in [3.05, 3.63) is 23.8 Å². The first-order chi connectivity index (χ1) is 7.34. The molecule has 2 nitrogen and oxygen atoms in total. The molecule has 2 heteroatoms. The SMILES string of the molecule is Nc1ccc2c(c1)CCCN2C1CCC1. The van der Waals surface area contributed by atoms with Gasteiger partial charge in [0.1, 0.15) is 0 Å². The van der Waals surface area contributed by atoms with Crippen molar-refractivity contribution in [2.24, 2.45) is 0 Å². The normalized spacial score (nSPS) is 20.9. The lowest BCUT2D eigenvalue weighted by Crippen LogP contribution is -2.43. The van der Waals surface area contributed by atoms with E-state index in [9.17, 15) is 0 Å². The number of nitrogens with zero attached hydrogens (tertiary/aromatic N) is 1. The summed E-state index contributed by atoms with van der Waals surface area (Å²) in [6.07, 6.45) is 6.65. The number of fused-ring (bicyclic) bond motifs is 1. The summed E-state index contributed by atoms with van der Waals surface area (Å²) in [6.45, 7) is 1.24. The van der Waals surface area contributed by atoms with E-state index < -0.39 is 0 Å². The third-order valence-corrected chi connectivity index (χ3v) is 3.77. The largest absolute Gasteiger partial charge is 0.399 e. The predicted molar refractivity (Wildman–Crippen MR) is 64.2 cm³/mol. The number of aryl methyl sites for hydroxylation is 1. The number of rotatable bonds is 1. The average Bonchev–Trinajstić information content (AvgIpc) is 2.15. The van der Waals surface area contributed by atoms with Crippen molar-refractivity contribution >= 4 is 11.4 Å². The highest BCUT2D eigenvalue weighted by atomic mass is 15.2. The van der Waals surface area contributed by atoms with E-state index in [0.29, 0.717) is 0 Å². The van der Waals surface area contributed by atoms with Crippen molar-refractivity contribution in [1.82, 2.24) is 0 Å². The molecule has 1 saturated carbocycles. The minimum absolute atomic E-state index is 0.813. The number of nitrogens with two attached hydrogens (primary N) is 1. The van der Waals surface area contributed by atoms with Crippen LogP contribution < -0.4 is 10.6 Å². The number of hydrogen-bond donors (Lipinski definition) is 1. The van der Waals surface area contributed by atoms with Gasteiger partial charge in [-0.15, -0.1) is 0 Å². The number of benzene rings is 1. The van der Waals surface area contributed by atoms with Gasteiger partial charge in [-0.25, -0.2) is 0 Å². The van der Waals surface area contributed by atoms with Crippen LogP contribution in [-0.2, 0) is 6.42 Å². The maximum atomic E-state index is 5.83. The number of hydrogen-bond acceptors (Lipinski definition) is 2. The minimum atomic E-state index is 0.813. The van der Waals surface area contributed by atoms with Crippen molar-refractivity contribution in [2.45, 2.75) is 38.1 Å². The molecule has 0 spiro atoms. The third-order valence-electron chi connectivity index (χ3n) is 3.77. The van der Waals surface area contributed by atoms with Gasteiger partial charge in [-0.2, -0.15) is 0 Å². The summed E-state index contributed by atoms with van der Waals surface area (Å²) in [5.41, 5.74) is 9.63. The molecule has 80 valence electrons. The fourth-order valence-corrected chi connectivity index (χ4v) is 2.72. The van der Waals surface area contributed by atoms with Gasteiger partial charge >= 0.3 is 0 Å². The van der Waals surface area contributed by atoms with Gasteiger partial charge in [0.15, 0.2) is 0 Å². The Balaban J connectivity index is 1.95. The van der Waals surface area contributed by atoms with Crippen LogP contribution in [-0.4, -0.2) is 12.6 Å². The molecule has 1 aromatic rings. The van der Waals surface area contributed by atoms with Crippen LogP contribution in [0.3, 0.4) is 0 Å². The van der Waals surface area contributed by atoms with E-state index in [4.69, 9.17) is 5.73 Å². The van der Waals surface area contributed by atoms with Crippen LogP contribution in [0.25, 0.3) is 0 Å². The van der Waals surface area contributed by atoms with Crippen LogP contribution in [0.15, 0.2) is 18.2 Å². The third kappa shape index (κ3) is 1.48. The van der Waals surface area contributed by atoms with Gasteiger partial charge < -0.3 is 10.6 Å². The molecule has 0 aromatic heterocycles. The highest BCUT2D eigenvalue weighted by molar-refractivity contribution is 5.61. The minimum Gasteiger partial charge on any atom is -0.399 e. The van der Waals surface area contributed by atoms with Crippen LogP contribution in [0.2, 0.25) is 0 Å². The maximum absolute atomic E-state index is 5.83. The first kappa shape index (κ1) is 9.08. The van der Waals surface area contributed by atoms with Crippen LogP contribution in [0.4, 0.5) is 11.4 Å². The Hall–Kier alpha value is -1.18. The average molecular weight is 202 g/mol. The van der Waals surface area contributed by atoms with E-state index in [1.54, 1.807) is 0 Å². The van der Waals surface area contributed by atoms with Gasteiger partial charge in [0, 0.05) is 24.0 Å². The Morgan fingerprint density at radius 3 is 2.80 bits per heavy atom. The second-order valence-electron chi connectivity index (χ2n) is 4.77. The van der Waals surface area contributed by atoms with Gasteiger partial charge in [-0.05, 0) is 55.9 Å². The van der Waals surface area contributed by atoms with E-state index in [2.05, 4.69) is 17.0 Å². The first-order valence-electron chi connectivity index (χ1n) is 5.99. The van der Waals surface area contributed by atoms with Gasteiger partial charge in [0.2, 0.25) is 0 Å². The van der Waals surface area contributed by atoms with E-state index in [0.717, 1.165) is 11.7 Å². The smallest absolute Gasteiger partial charge is 0.0402 e. The summed E-state index contributed by atoms with van der Waals surface area (Å²) < 4.78 is 0. The molecule has 2 aliphatic rings. The van der Waals surface area contributed by atoms with Gasteiger partial charge in [-0.3, -0.25) is 0 Å². The van der Waals surface area contributed by atoms with Crippen molar-refractivity contribution in [3.63, 3.8) is 0 Å². The molecule has 15 heavy (non-hydrogen) atoms. The van der Waals surface area contributed by atoms with Crippen LogP contribution >= 0.6 is 0 Å². The molecule has 0 saturated heterocycles.